The van der Waals surface area contributed by atoms with Crippen LogP contribution in [0.3, 0.4) is 0 Å². The van der Waals surface area contributed by atoms with Gasteiger partial charge in [-0.25, -0.2) is 4.79 Å². The summed E-state index contributed by atoms with van der Waals surface area (Å²) >= 11 is 0. The van der Waals surface area contributed by atoms with Crippen molar-refractivity contribution in [1.82, 2.24) is 0 Å². The Bertz CT molecular complexity index is 422. The van der Waals surface area contributed by atoms with E-state index in [1.807, 2.05) is 13.8 Å². The lowest BCUT2D eigenvalue weighted by atomic mass is 10.1. The highest BCUT2D eigenvalue weighted by Crippen LogP contribution is 2.24. The molecule has 1 rings (SSSR count). The largest absolute Gasteiger partial charge is 0.423 e. The van der Waals surface area contributed by atoms with Crippen LogP contribution < -0.4 is 10.5 Å². The second-order valence-corrected chi connectivity index (χ2v) is 3.64. The Morgan fingerprint density at radius 2 is 1.93 bits per heavy atom. The number of hydrogen-bond donors (Lipinski definition) is 1. The molecule has 15 heavy (non-hydrogen) atoms. The molecule has 0 radical (unpaired) electrons. The molecule has 0 fully saturated rings. The Morgan fingerprint density at radius 3 is 2.47 bits per heavy atom. The van der Waals surface area contributed by atoms with Gasteiger partial charge in [-0.3, -0.25) is 0 Å². The van der Waals surface area contributed by atoms with E-state index in [0.29, 0.717) is 17.0 Å². The van der Waals surface area contributed by atoms with Gasteiger partial charge in [0.2, 0.25) is 0 Å². The molecule has 2 N–H and O–H groups in total. The number of ether oxygens (including phenoxy) is 1. The maximum Gasteiger partial charge on any atom is 0.338 e. The molecule has 0 aliphatic heterocycles. The number of esters is 1. The molecular weight excluding hydrogens is 190 g/mol. The number of carbonyl (C=O) groups excluding carboxylic acids is 1. The molecule has 3 heteroatoms. The Labute approximate surface area is 89.5 Å². The number of aryl methyl sites for hydroxylation is 2. The molecule has 0 aliphatic carbocycles. The summed E-state index contributed by atoms with van der Waals surface area (Å²) in [6, 6.07) is 3.54. The topological polar surface area (TPSA) is 52.3 Å². The van der Waals surface area contributed by atoms with Gasteiger partial charge in [0.1, 0.15) is 5.75 Å². The highest BCUT2D eigenvalue weighted by molar-refractivity contribution is 5.89. The molecule has 0 unspecified atom stereocenters. The summed E-state index contributed by atoms with van der Waals surface area (Å²) in [6.45, 7) is 8.85. The molecule has 0 heterocycles. The van der Waals surface area contributed by atoms with E-state index >= 15 is 0 Å². The first-order valence-electron chi connectivity index (χ1n) is 4.66. The molecule has 0 amide bonds. The molecule has 1 aromatic carbocycles. The molecule has 1 aromatic rings. The van der Waals surface area contributed by atoms with E-state index in [-0.39, 0.29) is 0 Å². The number of rotatable bonds is 2. The third-order valence-corrected chi connectivity index (χ3v) is 2.11. The number of carbonyl (C=O) groups is 1. The van der Waals surface area contributed by atoms with Crippen molar-refractivity contribution in [2.75, 3.05) is 5.73 Å². The molecule has 0 saturated heterocycles. The number of hydrogen-bond acceptors (Lipinski definition) is 3. The van der Waals surface area contributed by atoms with E-state index in [0.717, 1.165) is 11.1 Å². The smallest absolute Gasteiger partial charge is 0.338 e. The van der Waals surface area contributed by atoms with E-state index < -0.39 is 5.97 Å². The number of nitrogens with two attached hydrogens (primary N) is 1. The van der Waals surface area contributed by atoms with E-state index in [1.54, 1.807) is 19.1 Å². The SMILES string of the molecule is C=C(C)C(=O)Oc1cc(C)c(N)cc1C. The molecule has 0 bridgehead atoms. The monoisotopic (exact) mass is 205 g/mol. The maximum absolute atomic E-state index is 11.3. The predicted octanol–water partition coefficient (Wildman–Crippen LogP) is 2.37. The predicted molar refractivity (Wildman–Crippen MR) is 60.8 cm³/mol. The summed E-state index contributed by atoms with van der Waals surface area (Å²) in [5.41, 5.74) is 8.53. The van der Waals surface area contributed by atoms with Gasteiger partial charge in [-0.15, -0.1) is 0 Å². The van der Waals surface area contributed by atoms with Crippen LogP contribution in [0.1, 0.15) is 18.1 Å². The van der Waals surface area contributed by atoms with Crippen molar-refractivity contribution in [3.05, 3.63) is 35.4 Å². The molecule has 0 saturated carbocycles. The van der Waals surface area contributed by atoms with Gasteiger partial charge in [-0.2, -0.15) is 0 Å². The second kappa shape index (κ2) is 4.17. The average Bonchev–Trinajstić information content (AvgIpc) is 2.13. The van der Waals surface area contributed by atoms with Gasteiger partial charge < -0.3 is 10.5 Å². The highest BCUT2D eigenvalue weighted by Gasteiger charge is 2.09. The molecule has 0 aromatic heterocycles. The van der Waals surface area contributed by atoms with Gasteiger partial charge in [0.15, 0.2) is 0 Å². The lowest BCUT2D eigenvalue weighted by molar-refractivity contribution is -0.130. The summed E-state index contributed by atoms with van der Waals surface area (Å²) in [4.78, 5) is 11.3. The fourth-order valence-electron chi connectivity index (χ4n) is 1.11. The van der Waals surface area contributed by atoms with Gasteiger partial charge >= 0.3 is 5.97 Å². The van der Waals surface area contributed by atoms with Crippen LogP contribution >= 0.6 is 0 Å². The standard InChI is InChI=1S/C12H15NO2/c1-7(2)12(14)15-11-6-8(3)10(13)5-9(11)4/h5-6H,1,13H2,2-4H3. The van der Waals surface area contributed by atoms with Crippen molar-refractivity contribution in [1.29, 1.82) is 0 Å². The summed E-state index contributed by atoms with van der Waals surface area (Å²) < 4.78 is 5.15. The summed E-state index contributed by atoms with van der Waals surface area (Å²) in [5.74, 6) is 0.122. The zero-order valence-electron chi connectivity index (χ0n) is 9.26. The Morgan fingerprint density at radius 1 is 1.33 bits per heavy atom. The van der Waals surface area contributed by atoms with Crippen molar-refractivity contribution >= 4 is 11.7 Å². The van der Waals surface area contributed by atoms with Gasteiger partial charge in [0.05, 0.1) is 0 Å². The van der Waals surface area contributed by atoms with Gasteiger partial charge in [0, 0.05) is 11.3 Å². The maximum atomic E-state index is 11.3. The Kier molecular flexibility index (Phi) is 3.14. The number of nitrogen functional groups attached to an aromatic ring is 1. The van der Waals surface area contributed by atoms with E-state index in [9.17, 15) is 4.79 Å². The minimum atomic E-state index is -0.415. The van der Waals surface area contributed by atoms with Gasteiger partial charge in [-0.05, 0) is 44.0 Å². The molecule has 0 spiro atoms. The zero-order chi connectivity index (χ0) is 11.6. The Balaban J connectivity index is 3.01. The average molecular weight is 205 g/mol. The summed E-state index contributed by atoms with van der Waals surface area (Å²) in [7, 11) is 0. The van der Waals surface area contributed by atoms with Crippen molar-refractivity contribution in [3.63, 3.8) is 0 Å². The third-order valence-electron chi connectivity index (χ3n) is 2.11. The van der Waals surface area contributed by atoms with Gasteiger partial charge in [0.25, 0.3) is 0 Å². The molecular formula is C12H15NO2. The number of benzene rings is 1. The van der Waals surface area contributed by atoms with Crippen molar-refractivity contribution in [2.45, 2.75) is 20.8 Å². The van der Waals surface area contributed by atoms with Crippen molar-refractivity contribution < 1.29 is 9.53 Å². The second-order valence-electron chi connectivity index (χ2n) is 3.64. The fourth-order valence-corrected chi connectivity index (χ4v) is 1.11. The van der Waals surface area contributed by atoms with Crippen LogP contribution in [0.2, 0.25) is 0 Å². The first-order chi connectivity index (χ1) is 6.91. The minimum Gasteiger partial charge on any atom is -0.423 e. The van der Waals surface area contributed by atoms with Crippen LogP contribution in [-0.4, -0.2) is 5.97 Å². The fraction of sp³-hybridized carbons (Fsp3) is 0.250. The third kappa shape index (κ3) is 2.59. The highest BCUT2D eigenvalue weighted by atomic mass is 16.5. The molecule has 0 atom stereocenters. The minimum absolute atomic E-state index is 0.379. The van der Waals surface area contributed by atoms with Crippen LogP contribution in [0.5, 0.6) is 5.75 Å². The normalized spacial score (nSPS) is 9.80. The number of anilines is 1. The summed E-state index contributed by atoms with van der Waals surface area (Å²) in [5, 5.41) is 0. The van der Waals surface area contributed by atoms with E-state index in [2.05, 4.69) is 6.58 Å². The van der Waals surface area contributed by atoms with Crippen LogP contribution in [-0.2, 0) is 4.79 Å². The van der Waals surface area contributed by atoms with Crippen LogP contribution in [0.4, 0.5) is 5.69 Å². The lowest BCUT2D eigenvalue weighted by Crippen LogP contribution is -2.09. The lowest BCUT2D eigenvalue weighted by Gasteiger charge is -2.09. The van der Waals surface area contributed by atoms with E-state index in [4.69, 9.17) is 10.5 Å². The van der Waals surface area contributed by atoms with Crippen molar-refractivity contribution in [3.8, 4) is 5.75 Å². The summed E-state index contributed by atoms with van der Waals surface area (Å²) in [6.07, 6.45) is 0. The van der Waals surface area contributed by atoms with E-state index in [1.165, 1.54) is 0 Å². The van der Waals surface area contributed by atoms with Crippen molar-refractivity contribution in [2.24, 2.45) is 0 Å². The van der Waals surface area contributed by atoms with Gasteiger partial charge in [-0.1, -0.05) is 6.58 Å². The molecule has 80 valence electrons. The molecule has 0 aliphatic rings. The Hall–Kier alpha value is -1.77. The quantitative estimate of drug-likeness (QED) is 0.349. The molecule has 3 nitrogen and oxygen atoms in total. The first kappa shape index (κ1) is 11.3. The first-order valence-corrected chi connectivity index (χ1v) is 4.66. The zero-order valence-corrected chi connectivity index (χ0v) is 9.26. The van der Waals surface area contributed by atoms with Crippen LogP contribution in [0.25, 0.3) is 0 Å². The van der Waals surface area contributed by atoms with Crippen LogP contribution in [0, 0.1) is 13.8 Å². The van der Waals surface area contributed by atoms with Crippen LogP contribution in [0.15, 0.2) is 24.3 Å².